The average molecular weight is 285 g/mol. The molecule has 0 aliphatic heterocycles. The number of rotatable bonds is 5. The monoisotopic (exact) mass is 285 g/mol. The van der Waals surface area contributed by atoms with Crippen molar-refractivity contribution in [3.8, 4) is 0 Å². The van der Waals surface area contributed by atoms with Crippen LogP contribution in [0.2, 0.25) is 0 Å². The zero-order valence-electron chi connectivity index (χ0n) is 11.6. The number of hydrogen-bond acceptors (Lipinski definition) is 3. The van der Waals surface area contributed by atoms with Gasteiger partial charge in [0.05, 0.1) is 17.1 Å². The maximum Gasteiger partial charge on any atom is 0.110 e. The summed E-state index contributed by atoms with van der Waals surface area (Å²) in [7, 11) is 0. The Kier molecular flexibility index (Phi) is 3.85. The van der Waals surface area contributed by atoms with E-state index >= 15 is 0 Å². The van der Waals surface area contributed by atoms with E-state index in [1.54, 1.807) is 11.3 Å². The number of aromatic nitrogens is 2. The van der Waals surface area contributed by atoms with Crippen molar-refractivity contribution in [3.05, 3.63) is 52.5 Å². The molecule has 0 bridgehead atoms. The van der Waals surface area contributed by atoms with Crippen LogP contribution in [0.5, 0.6) is 0 Å². The molecule has 2 heterocycles. The molecule has 0 spiro atoms. The van der Waals surface area contributed by atoms with E-state index in [1.807, 2.05) is 6.07 Å². The number of para-hydroxylation sites is 2. The third kappa shape index (κ3) is 2.25. The summed E-state index contributed by atoms with van der Waals surface area (Å²) in [5, 5.41) is 4.29. The Hall–Kier alpha value is -1.65. The highest BCUT2D eigenvalue weighted by Crippen LogP contribution is 2.27. The standard InChI is InChI=1S/C16H19N3S/c1-2-5-16-18-13-6-3-4-7-14(13)19(16)15(10-17)12-8-9-20-11-12/h3-4,6-9,11,15H,2,5,10,17H2,1H3. The lowest BCUT2D eigenvalue weighted by Crippen LogP contribution is -2.21. The molecule has 1 unspecified atom stereocenters. The molecule has 0 fully saturated rings. The van der Waals surface area contributed by atoms with Crippen molar-refractivity contribution in [2.75, 3.05) is 6.54 Å². The molecule has 104 valence electrons. The van der Waals surface area contributed by atoms with E-state index < -0.39 is 0 Å². The summed E-state index contributed by atoms with van der Waals surface area (Å²) in [5.41, 5.74) is 9.58. The minimum Gasteiger partial charge on any atom is -0.328 e. The van der Waals surface area contributed by atoms with Gasteiger partial charge in [0.25, 0.3) is 0 Å². The summed E-state index contributed by atoms with van der Waals surface area (Å²) in [4.78, 5) is 4.79. The molecule has 20 heavy (non-hydrogen) atoms. The number of imidazole rings is 1. The molecule has 2 aromatic heterocycles. The highest BCUT2D eigenvalue weighted by molar-refractivity contribution is 7.07. The first-order valence-corrected chi connectivity index (χ1v) is 7.97. The summed E-state index contributed by atoms with van der Waals surface area (Å²) in [6.07, 6.45) is 2.07. The minimum absolute atomic E-state index is 0.176. The second kappa shape index (κ2) is 5.77. The number of thiophene rings is 1. The molecule has 0 aliphatic carbocycles. The SMILES string of the molecule is CCCc1nc2ccccc2n1C(CN)c1ccsc1. The highest BCUT2D eigenvalue weighted by Gasteiger charge is 2.19. The fourth-order valence-corrected chi connectivity index (χ4v) is 3.40. The lowest BCUT2D eigenvalue weighted by atomic mass is 10.1. The number of aryl methyl sites for hydroxylation is 1. The fourth-order valence-electron chi connectivity index (χ4n) is 2.70. The minimum atomic E-state index is 0.176. The molecule has 1 atom stereocenters. The Morgan fingerprint density at radius 2 is 2.15 bits per heavy atom. The zero-order valence-corrected chi connectivity index (χ0v) is 12.4. The summed E-state index contributed by atoms with van der Waals surface area (Å²) in [6, 6.07) is 10.7. The Labute approximate surface area is 123 Å². The van der Waals surface area contributed by atoms with E-state index in [-0.39, 0.29) is 6.04 Å². The van der Waals surface area contributed by atoms with E-state index in [4.69, 9.17) is 10.7 Å². The third-order valence-corrected chi connectivity index (χ3v) is 4.31. The smallest absolute Gasteiger partial charge is 0.110 e. The van der Waals surface area contributed by atoms with Gasteiger partial charge in [-0.05, 0) is 40.9 Å². The molecular formula is C16H19N3S. The topological polar surface area (TPSA) is 43.8 Å². The maximum absolute atomic E-state index is 6.07. The molecule has 4 heteroatoms. The lowest BCUT2D eigenvalue weighted by Gasteiger charge is -2.19. The second-order valence-electron chi connectivity index (χ2n) is 4.94. The molecule has 1 aromatic carbocycles. The summed E-state index contributed by atoms with van der Waals surface area (Å²) in [5.74, 6) is 1.13. The maximum atomic E-state index is 6.07. The van der Waals surface area contributed by atoms with Crippen LogP contribution in [0.3, 0.4) is 0 Å². The van der Waals surface area contributed by atoms with Crippen LogP contribution in [-0.4, -0.2) is 16.1 Å². The Balaban J connectivity index is 2.19. The lowest BCUT2D eigenvalue weighted by molar-refractivity contribution is 0.578. The van der Waals surface area contributed by atoms with Crippen LogP contribution in [0.4, 0.5) is 0 Å². The molecule has 0 saturated heterocycles. The van der Waals surface area contributed by atoms with Crippen LogP contribution in [0.15, 0.2) is 41.1 Å². The van der Waals surface area contributed by atoms with Crippen LogP contribution in [-0.2, 0) is 6.42 Å². The second-order valence-corrected chi connectivity index (χ2v) is 5.72. The average Bonchev–Trinajstić information content (AvgIpc) is 3.09. The van der Waals surface area contributed by atoms with Gasteiger partial charge < -0.3 is 10.3 Å². The zero-order chi connectivity index (χ0) is 13.9. The predicted molar refractivity (Wildman–Crippen MR) is 85.2 cm³/mol. The van der Waals surface area contributed by atoms with E-state index in [1.165, 1.54) is 11.1 Å². The van der Waals surface area contributed by atoms with Crippen LogP contribution >= 0.6 is 11.3 Å². The summed E-state index contributed by atoms with van der Waals surface area (Å²) < 4.78 is 2.32. The van der Waals surface area contributed by atoms with Gasteiger partial charge in [0.2, 0.25) is 0 Å². The van der Waals surface area contributed by atoms with Crippen molar-refractivity contribution in [2.24, 2.45) is 5.73 Å². The molecule has 3 aromatic rings. The van der Waals surface area contributed by atoms with Gasteiger partial charge in [-0.2, -0.15) is 11.3 Å². The number of benzene rings is 1. The first-order valence-electron chi connectivity index (χ1n) is 7.03. The largest absolute Gasteiger partial charge is 0.328 e. The Morgan fingerprint density at radius 1 is 1.30 bits per heavy atom. The van der Waals surface area contributed by atoms with Gasteiger partial charge in [0.1, 0.15) is 5.82 Å². The number of nitrogens with two attached hydrogens (primary N) is 1. The quantitative estimate of drug-likeness (QED) is 0.778. The van der Waals surface area contributed by atoms with Crippen molar-refractivity contribution >= 4 is 22.4 Å². The summed E-state index contributed by atoms with van der Waals surface area (Å²) in [6.45, 7) is 2.78. The van der Waals surface area contributed by atoms with E-state index in [9.17, 15) is 0 Å². The van der Waals surface area contributed by atoms with Gasteiger partial charge >= 0.3 is 0 Å². The molecule has 0 saturated carbocycles. The Bertz CT molecular complexity index is 685. The first-order chi connectivity index (χ1) is 9.85. The Morgan fingerprint density at radius 3 is 2.85 bits per heavy atom. The molecule has 0 radical (unpaired) electrons. The fraction of sp³-hybridized carbons (Fsp3) is 0.312. The van der Waals surface area contributed by atoms with E-state index in [2.05, 4.69) is 46.5 Å². The van der Waals surface area contributed by atoms with Gasteiger partial charge in [0, 0.05) is 13.0 Å². The van der Waals surface area contributed by atoms with Gasteiger partial charge in [-0.25, -0.2) is 4.98 Å². The molecule has 3 nitrogen and oxygen atoms in total. The highest BCUT2D eigenvalue weighted by atomic mass is 32.1. The normalized spacial score (nSPS) is 12.9. The molecule has 3 rings (SSSR count). The molecule has 0 aliphatic rings. The molecule has 2 N–H and O–H groups in total. The summed E-state index contributed by atoms with van der Waals surface area (Å²) >= 11 is 1.72. The van der Waals surface area contributed by atoms with Crippen LogP contribution in [0.1, 0.15) is 30.8 Å². The van der Waals surface area contributed by atoms with Crippen molar-refractivity contribution < 1.29 is 0 Å². The van der Waals surface area contributed by atoms with Gasteiger partial charge in [-0.3, -0.25) is 0 Å². The van der Waals surface area contributed by atoms with E-state index in [0.717, 1.165) is 24.2 Å². The van der Waals surface area contributed by atoms with Crippen molar-refractivity contribution in [3.63, 3.8) is 0 Å². The molecular weight excluding hydrogens is 266 g/mol. The van der Waals surface area contributed by atoms with Crippen LogP contribution < -0.4 is 5.73 Å². The number of nitrogens with zero attached hydrogens (tertiary/aromatic N) is 2. The van der Waals surface area contributed by atoms with Crippen LogP contribution in [0.25, 0.3) is 11.0 Å². The van der Waals surface area contributed by atoms with Crippen molar-refractivity contribution in [1.29, 1.82) is 0 Å². The van der Waals surface area contributed by atoms with Gasteiger partial charge in [-0.1, -0.05) is 19.1 Å². The van der Waals surface area contributed by atoms with Crippen molar-refractivity contribution in [2.45, 2.75) is 25.8 Å². The third-order valence-electron chi connectivity index (χ3n) is 3.61. The predicted octanol–water partition coefficient (Wildman–Crippen LogP) is 3.60. The first kappa shape index (κ1) is 13.3. The number of fused-ring (bicyclic) bond motifs is 1. The van der Waals surface area contributed by atoms with E-state index in [0.29, 0.717) is 6.54 Å². The molecule has 0 amide bonds. The number of hydrogen-bond donors (Lipinski definition) is 1. The van der Waals surface area contributed by atoms with Crippen molar-refractivity contribution in [1.82, 2.24) is 9.55 Å². The van der Waals surface area contributed by atoms with Crippen LogP contribution in [0, 0.1) is 0 Å². The van der Waals surface area contributed by atoms with Gasteiger partial charge in [0.15, 0.2) is 0 Å². The van der Waals surface area contributed by atoms with Gasteiger partial charge in [-0.15, -0.1) is 0 Å².